The number of aliphatic carboxylic acids is 1. The van der Waals surface area contributed by atoms with Crippen molar-refractivity contribution in [2.45, 2.75) is 46.0 Å². The van der Waals surface area contributed by atoms with Crippen molar-refractivity contribution in [1.82, 2.24) is 5.32 Å². The van der Waals surface area contributed by atoms with E-state index in [4.69, 9.17) is 16.7 Å². The fourth-order valence-electron chi connectivity index (χ4n) is 3.09. The Kier molecular flexibility index (Phi) is 7.54. The van der Waals surface area contributed by atoms with Gasteiger partial charge in [-0.25, -0.2) is 0 Å². The number of halogens is 4. The van der Waals surface area contributed by atoms with Crippen LogP contribution in [0.2, 0.25) is 5.02 Å². The van der Waals surface area contributed by atoms with Crippen LogP contribution in [0.25, 0.3) is 0 Å². The quantitative estimate of drug-likeness (QED) is 0.483. The summed E-state index contributed by atoms with van der Waals surface area (Å²) in [5.41, 5.74) is 3.48. The number of carboxylic acids is 1. The molecule has 0 aromatic heterocycles. The number of carboxylic acid groups (broad SMARTS) is 1. The van der Waals surface area contributed by atoms with Gasteiger partial charge in [-0.15, -0.1) is 0 Å². The molecule has 0 amide bonds. The molecule has 2 rings (SSSR count). The third-order valence-corrected chi connectivity index (χ3v) is 5.22. The van der Waals surface area contributed by atoms with Crippen molar-refractivity contribution in [2.24, 2.45) is 0 Å². The minimum absolute atomic E-state index is 0.0257. The highest BCUT2D eigenvalue weighted by atomic mass is 35.5. The standard InChI is InChI=1S/C21H24ClF3N2O2/c1-12-4-7-18(14(3)16(12)11-26-9-8-19(28)29)27-20(21(23,24)25)15-5-6-17(22)13(2)10-15/h4-7,10,20,26-27H,8-9,11H2,1-3H3,(H,28,29)/t20-/m0/s1. The summed E-state index contributed by atoms with van der Waals surface area (Å²) < 4.78 is 41.4. The van der Waals surface area contributed by atoms with E-state index >= 15 is 0 Å². The van der Waals surface area contributed by atoms with Crippen LogP contribution in [0.5, 0.6) is 0 Å². The summed E-state index contributed by atoms with van der Waals surface area (Å²) in [4.78, 5) is 10.6. The molecule has 0 radical (unpaired) electrons. The topological polar surface area (TPSA) is 61.4 Å². The van der Waals surface area contributed by atoms with Gasteiger partial charge in [-0.05, 0) is 60.7 Å². The molecule has 0 bridgehead atoms. The number of rotatable bonds is 8. The van der Waals surface area contributed by atoms with Crippen LogP contribution in [0.4, 0.5) is 18.9 Å². The number of benzene rings is 2. The van der Waals surface area contributed by atoms with Gasteiger partial charge in [0.1, 0.15) is 6.04 Å². The Labute approximate surface area is 173 Å². The third-order valence-electron chi connectivity index (χ3n) is 4.79. The van der Waals surface area contributed by atoms with E-state index in [1.807, 2.05) is 6.92 Å². The molecule has 8 heteroatoms. The van der Waals surface area contributed by atoms with E-state index in [0.717, 1.165) is 11.1 Å². The zero-order chi connectivity index (χ0) is 21.8. The van der Waals surface area contributed by atoms with E-state index in [9.17, 15) is 18.0 Å². The predicted molar refractivity (Wildman–Crippen MR) is 108 cm³/mol. The molecule has 0 aliphatic heterocycles. The number of alkyl halides is 3. The first-order chi connectivity index (χ1) is 13.5. The van der Waals surface area contributed by atoms with E-state index < -0.39 is 18.2 Å². The number of hydrogen-bond acceptors (Lipinski definition) is 3. The van der Waals surface area contributed by atoms with Gasteiger partial charge in [0, 0.05) is 23.8 Å². The monoisotopic (exact) mass is 428 g/mol. The Morgan fingerprint density at radius 2 is 1.83 bits per heavy atom. The normalized spacial score (nSPS) is 12.7. The summed E-state index contributed by atoms with van der Waals surface area (Å²) in [6.45, 7) is 5.94. The lowest BCUT2D eigenvalue weighted by Gasteiger charge is -2.26. The van der Waals surface area contributed by atoms with Gasteiger partial charge in [0.05, 0.1) is 6.42 Å². The molecule has 1 atom stereocenters. The van der Waals surface area contributed by atoms with E-state index in [0.29, 0.717) is 28.4 Å². The molecule has 2 aromatic carbocycles. The molecule has 0 heterocycles. The highest BCUT2D eigenvalue weighted by Crippen LogP contribution is 2.38. The number of nitrogens with one attached hydrogen (secondary N) is 2. The van der Waals surface area contributed by atoms with Crippen molar-refractivity contribution in [3.05, 3.63) is 63.2 Å². The lowest BCUT2D eigenvalue weighted by molar-refractivity contribution is -0.144. The highest BCUT2D eigenvalue weighted by Gasteiger charge is 2.41. The average Bonchev–Trinajstić information content (AvgIpc) is 2.61. The van der Waals surface area contributed by atoms with E-state index in [1.54, 1.807) is 26.0 Å². The van der Waals surface area contributed by atoms with E-state index in [-0.39, 0.29) is 18.5 Å². The predicted octanol–water partition coefficient (Wildman–Crippen LogP) is 5.55. The summed E-state index contributed by atoms with van der Waals surface area (Å²) in [5.74, 6) is -0.910. The number of aryl methyl sites for hydroxylation is 2. The maximum atomic E-state index is 13.8. The van der Waals surface area contributed by atoms with Gasteiger partial charge in [-0.3, -0.25) is 4.79 Å². The van der Waals surface area contributed by atoms with Crippen LogP contribution < -0.4 is 10.6 Å². The Hall–Kier alpha value is -2.25. The molecule has 0 saturated heterocycles. The molecule has 0 saturated carbocycles. The van der Waals surface area contributed by atoms with Crippen LogP contribution in [0.3, 0.4) is 0 Å². The van der Waals surface area contributed by atoms with Crippen molar-refractivity contribution < 1.29 is 23.1 Å². The molecular weight excluding hydrogens is 405 g/mol. The van der Waals surface area contributed by atoms with Crippen LogP contribution in [0, 0.1) is 20.8 Å². The Morgan fingerprint density at radius 3 is 2.41 bits per heavy atom. The van der Waals surface area contributed by atoms with Crippen molar-refractivity contribution in [1.29, 1.82) is 0 Å². The van der Waals surface area contributed by atoms with Crippen LogP contribution in [-0.4, -0.2) is 23.8 Å². The van der Waals surface area contributed by atoms with Crippen molar-refractivity contribution in [3.63, 3.8) is 0 Å². The van der Waals surface area contributed by atoms with Crippen LogP contribution in [0.1, 0.15) is 40.3 Å². The van der Waals surface area contributed by atoms with Gasteiger partial charge in [0.25, 0.3) is 0 Å². The molecule has 0 spiro atoms. The maximum Gasteiger partial charge on any atom is 0.412 e. The summed E-state index contributed by atoms with van der Waals surface area (Å²) in [5, 5.41) is 14.8. The van der Waals surface area contributed by atoms with Crippen molar-refractivity contribution in [3.8, 4) is 0 Å². The zero-order valence-corrected chi connectivity index (χ0v) is 17.2. The number of carbonyl (C=O) groups is 1. The fourth-order valence-corrected chi connectivity index (χ4v) is 3.20. The van der Waals surface area contributed by atoms with Gasteiger partial charge in [0.15, 0.2) is 0 Å². The summed E-state index contributed by atoms with van der Waals surface area (Å²) in [6.07, 6.45) is -4.53. The average molecular weight is 429 g/mol. The molecule has 29 heavy (non-hydrogen) atoms. The van der Waals surface area contributed by atoms with Crippen LogP contribution in [0.15, 0.2) is 30.3 Å². The molecule has 0 aliphatic carbocycles. The Balaban J connectivity index is 2.30. The second-order valence-electron chi connectivity index (χ2n) is 6.98. The first kappa shape index (κ1) is 23.0. The maximum absolute atomic E-state index is 13.8. The second kappa shape index (κ2) is 9.50. The zero-order valence-electron chi connectivity index (χ0n) is 16.5. The van der Waals surface area contributed by atoms with Crippen LogP contribution >= 0.6 is 11.6 Å². The summed E-state index contributed by atoms with van der Waals surface area (Å²) >= 11 is 5.96. The lowest BCUT2D eigenvalue weighted by Crippen LogP contribution is -2.28. The molecule has 158 valence electrons. The molecule has 0 unspecified atom stereocenters. The molecule has 0 aliphatic rings. The largest absolute Gasteiger partial charge is 0.481 e. The van der Waals surface area contributed by atoms with Crippen LogP contribution in [-0.2, 0) is 11.3 Å². The lowest BCUT2D eigenvalue weighted by atomic mass is 9.98. The first-order valence-electron chi connectivity index (χ1n) is 9.11. The molecule has 2 aromatic rings. The van der Waals surface area contributed by atoms with Crippen molar-refractivity contribution in [2.75, 3.05) is 11.9 Å². The van der Waals surface area contributed by atoms with Gasteiger partial charge in [0.2, 0.25) is 0 Å². The SMILES string of the molecule is Cc1cc([C@H](Nc2ccc(C)c(CNCCC(=O)O)c2C)C(F)(F)F)ccc1Cl. The second-order valence-corrected chi connectivity index (χ2v) is 7.39. The highest BCUT2D eigenvalue weighted by molar-refractivity contribution is 6.31. The van der Waals surface area contributed by atoms with Gasteiger partial charge >= 0.3 is 12.1 Å². The minimum atomic E-state index is -4.50. The summed E-state index contributed by atoms with van der Waals surface area (Å²) in [7, 11) is 0. The summed E-state index contributed by atoms with van der Waals surface area (Å²) in [6, 6.07) is 5.78. The third kappa shape index (κ3) is 6.11. The minimum Gasteiger partial charge on any atom is -0.481 e. The van der Waals surface area contributed by atoms with Gasteiger partial charge in [-0.1, -0.05) is 29.8 Å². The van der Waals surface area contributed by atoms with Crippen molar-refractivity contribution >= 4 is 23.3 Å². The number of anilines is 1. The fraction of sp³-hybridized carbons (Fsp3) is 0.381. The molecule has 0 fully saturated rings. The first-order valence-corrected chi connectivity index (χ1v) is 9.49. The smallest absolute Gasteiger partial charge is 0.412 e. The molecular formula is C21H24ClF3N2O2. The van der Waals surface area contributed by atoms with E-state index in [1.165, 1.54) is 18.2 Å². The Bertz CT molecular complexity index is 885. The van der Waals surface area contributed by atoms with E-state index in [2.05, 4.69) is 10.6 Å². The Morgan fingerprint density at radius 1 is 1.14 bits per heavy atom. The number of hydrogen-bond donors (Lipinski definition) is 3. The van der Waals surface area contributed by atoms with Gasteiger partial charge in [-0.2, -0.15) is 13.2 Å². The van der Waals surface area contributed by atoms with Gasteiger partial charge < -0.3 is 15.7 Å². The molecule has 3 N–H and O–H groups in total. The molecule has 4 nitrogen and oxygen atoms in total.